The van der Waals surface area contributed by atoms with Crippen molar-refractivity contribution in [3.63, 3.8) is 0 Å². The fourth-order valence-corrected chi connectivity index (χ4v) is 5.97. The standard InChI is InChI=1S/C19H25NO2S/c1-3-16(23-15-7-5-4-6-8-15)18(21)22-14-11-13-9-10-17-19(13,12-14)20(17)2/h4-8,13-14,16-17H,3,9-12H2,1-2H3. The van der Waals surface area contributed by atoms with Crippen molar-refractivity contribution in [1.29, 1.82) is 0 Å². The zero-order valence-electron chi connectivity index (χ0n) is 13.9. The van der Waals surface area contributed by atoms with E-state index in [1.165, 1.54) is 12.8 Å². The van der Waals surface area contributed by atoms with Crippen molar-refractivity contribution in [3.8, 4) is 0 Å². The highest BCUT2D eigenvalue weighted by Crippen LogP contribution is 2.63. The van der Waals surface area contributed by atoms with Gasteiger partial charge in [0.05, 0.1) is 0 Å². The Bertz CT molecular complexity index is 592. The molecule has 124 valence electrons. The molecule has 0 bridgehead atoms. The highest BCUT2D eigenvalue weighted by molar-refractivity contribution is 8.00. The first-order chi connectivity index (χ1) is 11.1. The fraction of sp³-hybridized carbons (Fsp3) is 0.632. The van der Waals surface area contributed by atoms with Crippen LogP contribution in [-0.2, 0) is 9.53 Å². The highest BCUT2D eigenvalue weighted by Gasteiger charge is 2.71. The lowest BCUT2D eigenvalue weighted by Crippen LogP contribution is -2.25. The molecule has 0 radical (unpaired) electrons. The second-order valence-electron chi connectivity index (χ2n) is 7.22. The third-order valence-corrected chi connectivity index (χ3v) is 7.52. The number of ether oxygens (including phenoxy) is 1. The van der Waals surface area contributed by atoms with Crippen LogP contribution in [0.3, 0.4) is 0 Å². The second-order valence-corrected chi connectivity index (χ2v) is 8.49. The molecule has 1 spiro atoms. The molecule has 4 heteroatoms. The lowest BCUT2D eigenvalue weighted by atomic mass is 9.98. The largest absolute Gasteiger partial charge is 0.461 e. The number of hydrogen-bond acceptors (Lipinski definition) is 4. The quantitative estimate of drug-likeness (QED) is 0.467. The summed E-state index contributed by atoms with van der Waals surface area (Å²) in [6.07, 6.45) is 5.71. The Kier molecular flexibility index (Phi) is 3.93. The van der Waals surface area contributed by atoms with Gasteiger partial charge >= 0.3 is 5.97 Å². The first-order valence-electron chi connectivity index (χ1n) is 8.80. The molecule has 0 N–H and O–H groups in total. The number of hydrogen-bond donors (Lipinski definition) is 0. The molecule has 6 unspecified atom stereocenters. The summed E-state index contributed by atoms with van der Waals surface area (Å²) in [5.41, 5.74) is 0.388. The van der Waals surface area contributed by atoms with Crippen molar-refractivity contribution >= 4 is 17.7 Å². The molecule has 23 heavy (non-hydrogen) atoms. The Morgan fingerprint density at radius 3 is 2.83 bits per heavy atom. The number of benzene rings is 1. The van der Waals surface area contributed by atoms with Crippen LogP contribution in [-0.4, -0.2) is 40.9 Å². The molecule has 2 aliphatic carbocycles. The van der Waals surface area contributed by atoms with E-state index in [4.69, 9.17) is 4.74 Å². The van der Waals surface area contributed by atoms with E-state index in [2.05, 4.69) is 31.0 Å². The molecule has 1 heterocycles. The van der Waals surface area contributed by atoms with Crippen molar-refractivity contribution in [2.45, 2.75) is 66.9 Å². The Labute approximate surface area is 142 Å². The highest BCUT2D eigenvalue weighted by atomic mass is 32.2. The number of thioether (sulfide) groups is 1. The molecule has 6 atom stereocenters. The van der Waals surface area contributed by atoms with Gasteiger partial charge in [-0.3, -0.25) is 9.69 Å². The van der Waals surface area contributed by atoms with Crippen LogP contribution in [0.5, 0.6) is 0 Å². The summed E-state index contributed by atoms with van der Waals surface area (Å²) >= 11 is 1.63. The van der Waals surface area contributed by atoms with Crippen molar-refractivity contribution in [3.05, 3.63) is 30.3 Å². The minimum atomic E-state index is -0.0944. The summed E-state index contributed by atoms with van der Waals surface area (Å²) in [6.45, 7) is 2.06. The first kappa shape index (κ1) is 15.5. The molecule has 2 saturated carbocycles. The Morgan fingerprint density at radius 2 is 2.17 bits per heavy atom. The van der Waals surface area contributed by atoms with Gasteiger partial charge in [0.25, 0.3) is 0 Å². The lowest BCUT2D eigenvalue weighted by molar-refractivity contribution is -0.148. The predicted octanol–water partition coefficient (Wildman–Crippen LogP) is 3.73. The number of piperidine rings is 1. The van der Waals surface area contributed by atoms with E-state index in [0.29, 0.717) is 5.54 Å². The Morgan fingerprint density at radius 1 is 1.39 bits per heavy atom. The van der Waals surface area contributed by atoms with Crippen LogP contribution in [0.15, 0.2) is 35.2 Å². The summed E-state index contributed by atoms with van der Waals surface area (Å²) in [5, 5.41) is -0.0944. The number of nitrogens with zero attached hydrogens (tertiary/aromatic N) is 1. The molecular weight excluding hydrogens is 306 g/mol. The van der Waals surface area contributed by atoms with Gasteiger partial charge in [-0.2, -0.15) is 0 Å². The maximum absolute atomic E-state index is 12.6. The topological polar surface area (TPSA) is 29.3 Å². The Balaban J connectivity index is 1.36. The third-order valence-electron chi connectivity index (χ3n) is 6.17. The molecular formula is C19H25NO2S. The molecule has 3 nitrogen and oxygen atoms in total. The minimum Gasteiger partial charge on any atom is -0.461 e. The van der Waals surface area contributed by atoms with Gasteiger partial charge in [0.1, 0.15) is 11.4 Å². The van der Waals surface area contributed by atoms with Crippen LogP contribution >= 0.6 is 11.8 Å². The van der Waals surface area contributed by atoms with Crippen molar-refractivity contribution < 1.29 is 9.53 Å². The van der Waals surface area contributed by atoms with Gasteiger partial charge in [0.15, 0.2) is 0 Å². The molecule has 0 amide bonds. The number of esters is 1. The van der Waals surface area contributed by atoms with Gasteiger partial charge < -0.3 is 4.74 Å². The third kappa shape index (κ3) is 2.51. The number of carbonyl (C=O) groups is 1. The zero-order valence-corrected chi connectivity index (χ0v) is 14.7. The normalized spacial score (nSPS) is 38.7. The summed E-state index contributed by atoms with van der Waals surface area (Å²) in [4.78, 5) is 16.3. The number of likely N-dealkylation sites (N-methyl/N-ethyl adjacent to an activating group) is 1. The van der Waals surface area contributed by atoms with Gasteiger partial charge in [0, 0.05) is 22.9 Å². The van der Waals surface area contributed by atoms with Crippen LogP contribution in [0.4, 0.5) is 0 Å². The van der Waals surface area contributed by atoms with Crippen molar-refractivity contribution in [2.24, 2.45) is 5.92 Å². The zero-order chi connectivity index (χ0) is 16.0. The summed E-state index contributed by atoms with van der Waals surface area (Å²) in [5.74, 6) is 0.722. The molecule has 3 fully saturated rings. The molecule has 1 aromatic rings. The summed E-state index contributed by atoms with van der Waals surface area (Å²) < 4.78 is 5.93. The van der Waals surface area contributed by atoms with Gasteiger partial charge in [-0.15, -0.1) is 11.8 Å². The minimum absolute atomic E-state index is 0.0254. The maximum Gasteiger partial charge on any atom is 0.319 e. The van der Waals surface area contributed by atoms with E-state index in [0.717, 1.165) is 36.1 Å². The molecule has 1 aliphatic heterocycles. The van der Waals surface area contributed by atoms with Crippen LogP contribution < -0.4 is 0 Å². The lowest BCUT2D eigenvalue weighted by Gasteiger charge is -2.18. The van der Waals surface area contributed by atoms with Gasteiger partial charge in [-0.05, 0) is 50.8 Å². The van der Waals surface area contributed by atoms with Crippen LogP contribution in [0, 0.1) is 5.92 Å². The Hall–Kier alpha value is -1.00. The molecule has 0 aromatic heterocycles. The molecule has 1 aromatic carbocycles. The average molecular weight is 331 g/mol. The second kappa shape index (κ2) is 5.82. The SMILES string of the molecule is CCC(Sc1ccccc1)C(=O)OC1CC2CCC3N(C)C23C1. The van der Waals surface area contributed by atoms with Gasteiger partial charge in [0.2, 0.25) is 0 Å². The van der Waals surface area contributed by atoms with Crippen LogP contribution in [0.1, 0.15) is 39.0 Å². The van der Waals surface area contributed by atoms with Crippen molar-refractivity contribution in [2.75, 3.05) is 7.05 Å². The maximum atomic E-state index is 12.6. The van der Waals surface area contributed by atoms with E-state index in [1.54, 1.807) is 11.8 Å². The number of carbonyl (C=O) groups excluding carboxylic acids is 1. The van der Waals surface area contributed by atoms with Gasteiger partial charge in [-0.25, -0.2) is 0 Å². The molecule has 1 saturated heterocycles. The average Bonchev–Trinajstić information content (AvgIpc) is 2.88. The van der Waals surface area contributed by atoms with E-state index in [9.17, 15) is 4.79 Å². The van der Waals surface area contributed by atoms with Crippen LogP contribution in [0.25, 0.3) is 0 Å². The van der Waals surface area contributed by atoms with Crippen molar-refractivity contribution in [1.82, 2.24) is 4.90 Å². The van der Waals surface area contributed by atoms with E-state index >= 15 is 0 Å². The van der Waals surface area contributed by atoms with E-state index in [1.807, 2.05) is 18.2 Å². The number of rotatable bonds is 5. The summed E-state index contributed by atoms with van der Waals surface area (Å²) in [6, 6.07) is 10.9. The first-order valence-corrected chi connectivity index (χ1v) is 9.68. The van der Waals surface area contributed by atoms with E-state index < -0.39 is 0 Å². The van der Waals surface area contributed by atoms with E-state index in [-0.39, 0.29) is 17.3 Å². The van der Waals surface area contributed by atoms with Gasteiger partial charge in [-0.1, -0.05) is 25.1 Å². The number of likely N-dealkylation sites (tertiary alicyclic amines) is 1. The smallest absolute Gasteiger partial charge is 0.319 e. The summed E-state index contributed by atoms with van der Waals surface area (Å²) in [7, 11) is 2.24. The molecule has 3 aliphatic rings. The fourth-order valence-electron chi connectivity index (χ4n) is 5.01. The predicted molar refractivity (Wildman–Crippen MR) is 92.5 cm³/mol. The monoisotopic (exact) mass is 331 g/mol. The molecule has 4 rings (SSSR count). The van der Waals surface area contributed by atoms with Crippen LogP contribution in [0.2, 0.25) is 0 Å².